The van der Waals surface area contributed by atoms with E-state index in [2.05, 4.69) is 209 Å². The average Bonchev–Trinajstić information content (AvgIpc) is 3.90. The van der Waals surface area contributed by atoms with E-state index in [9.17, 15) is 0 Å². The Hall–Kier alpha value is -8.68. The van der Waals surface area contributed by atoms with Crippen LogP contribution in [0.3, 0.4) is 0 Å². The highest BCUT2D eigenvalue weighted by atomic mass is 16.5. The molecule has 0 saturated heterocycles. The molecule has 0 N–H and O–H groups in total. The lowest BCUT2D eigenvalue weighted by Crippen LogP contribution is -2.60. The molecule has 14 rings (SSSR count). The monoisotopic (exact) mass is 843 g/mol. The van der Waals surface area contributed by atoms with Crippen LogP contribution in [0.1, 0.15) is 0 Å². The lowest BCUT2D eigenvalue weighted by Gasteiger charge is -2.33. The molecular weight excluding hydrogens is 808 g/mol. The maximum atomic E-state index is 7.05. The van der Waals surface area contributed by atoms with Gasteiger partial charge in [-0.2, -0.15) is 15.0 Å². The smallest absolute Gasteiger partial charge is 0.255 e. The molecule has 7 nitrogen and oxygen atoms in total. The van der Waals surface area contributed by atoms with E-state index in [0.717, 1.165) is 99.5 Å². The van der Waals surface area contributed by atoms with Gasteiger partial charge in [-0.3, -0.25) is 9.13 Å². The zero-order valence-electron chi connectivity index (χ0n) is 35.4. The van der Waals surface area contributed by atoms with Crippen LogP contribution in [-0.2, 0) is 0 Å². The van der Waals surface area contributed by atoms with Crippen molar-refractivity contribution in [1.29, 1.82) is 0 Å². The number of fused-ring (bicyclic) bond motifs is 11. The molecule has 306 valence electrons. The molecule has 0 amide bonds. The van der Waals surface area contributed by atoms with Crippen molar-refractivity contribution in [2.24, 2.45) is 0 Å². The summed E-state index contributed by atoms with van der Waals surface area (Å²) in [5.41, 5.74) is 11.5. The molecular formula is C57H35B2N5O2. The third-order valence-electron chi connectivity index (χ3n) is 13.5. The van der Waals surface area contributed by atoms with Gasteiger partial charge in [-0.25, -0.2) is 0 Å². The first kappa shape index (κ1) is 36.8. The van der Waals surface area contributed by atoms with E-state index in [1.54, 1.807) is 0 Å². The average molecular weight is 844 g/mol. The zero-order chi connectivity index (χ0) is 43.3. The van der Waals surface area contributed by atoms with E-state index < -0.39 is 0 Å². The van der Waals surface area contributed by atoms with Crippen molar-refractivity contribution in [3.63, 3.8) is 0 Å². The van der Waals surface area contributed by atoms with Gasteiger partial charge >= 0.3 is 0 Å². The second-order valence-electron chi connectivity index (χ2n) is 17.1. The van der Waals surface area contributed by atoms with E-state index in [1.165, 1.54) is 5.46 Å². The fraction of sp³-hybridized carbons (Fsp3) is 0. The molecule has 0 atom stereocenters. The van der Waals surface area contributed by atoms with Crippen LogP contribution in [0, 0.1) is 0 Å². The molecule has 0 spiro atoms. The molecule has 2 aliphatic rings. The van der Waals surface area contributed by atoms with E-state index in [-0.39, 0.29) is 13.4 Å². The summed E-state index contributed by atoms with van der Waals surface area (Å²) in [7, 11) is 0. The Morgan fingerprint density at radius 3 is 1.42 bits per heavy atom. The third-order valence-corrected chi connectivity index (χ3v) is 13.5. The van der Waals surface area contributed by atoms with E-state index in [1.807, 2.05) is 12.1 Å². The molecule has 0 unspecified atom stereocenters. The van der Waals surface area contributed by atoms with Crippen LogP contribution < -0.4 is 42.3 Å². The Balaban J connectivity index is 1.01. The van der Waals surface area contributed by atoms with Gasteiger partial charge in [-0.15, -0.1) is 0 Å². The zero-order valence-corrected chi connectivity index (χ0v) is 35.4. The van der Waals surface area contributed by atoms with Crippen LogP contribution in [0.5, 0.6) is 23.0 Å². The first-order chi connectivity index (χ1) is 32.7. The number of nitrogens with zero attached hydrogens (tertiary/aromatic N) is 5. The summed E-state index contributed by atoms with van der Waals surface area (Å²) in [6.45, 7) is -0.263. The molecule has 2 aliphatic heterocycles. The quantitative estimate of drug-likeness (QED) is 0.162. The van der Waals surface area contributed by atoms with Crippen LogP contribution in [0.25, 0.3) is 66.9 Å². The van der Waals surface area contributed by atoms with Crippen molar-refractivity contribution in [3.8, 4) is 46.3 Å². The fourth-order valence-corrected chi connectivity index (χ4v) is 10.6. The van der Waals surface area contributed by atoms with Gasteiger partial charge in [0.25, 0.3) is 13.4 Å². The van der Waals surface area contributed by atoms with Gasteiger partial charge in [0.1, 0.15) is 23.0 Å². The van der Waals surface area contributed by atoms with Crippen molar-refractivity contribution in [3.05, 3.63) is 212 Å². The summed E-state index contributed by atoms with van der Waals surface area (Å²) in [6.07, 6.45) is 0. The molecule has 0 saturated carbocycles. The third kappa shape index (κ3) is 5.50. The van der Waals surface area contributed by atoms with Gasteiger partial charge in [-0.1, -0.05) is 181 Å². The van der Waals surface area contributed by atoms with E-state index in [4.69, 9.17) is 24.4 Å². The Morgan fingerprint density at radius 2 is 0.833 bits per heavy atom. The van der Waals surface area contributed by atoms with Crippen LogP contribution in [0.4, 0.5) is 0 Å². The number of hydrogen-bond donors (Lipinski definition) is 0. The lowest BCUT2D eigenvalue weighted by molar-refractivity contribution is 0.469. The van der Waals surface area contributed by atoms with Gasteiger partial charge in [0.15, 0.2) is 5.82 Å². The maximum Gasteiger partial charge on any atom is 0.255 e. The first-order valence-electron chi connectivity index (χ1n) is 22.3. The van der Waals surface area contributed by atoms with Crippen molar-refractivity contribution in [2.45, 2.75) is 0 Å². The van der Waals surface area contributed by atoms with Crippen LogP contribution in [0.15, 0.2) is 212 Å². The SMILES string of the molecule is c1ccc(B2c3ccccc3Oc3c2ccc2c3B(c3cccc(-c4nc(-n5c6ccccc6c6ccccc65)nc(-n5c6ccccc6c6ccccc65)n4)c3)c3ccccc3O2)cc1. The standard InChI is InChI=1S/C57H35B2N5O2/c1-2-18-37(19-3-1)58-43-25-8-15-32-51(43)66-54-45(58)33-34-52-53(54)59(44-26-9-14-31-50(44)65-52)38-20-16-17-36(35-38)55-60-56(63-46-27-10-4-21-39(46)40-22-5-11-28-47(40)63)62-57(61-55)64-48-29-12-6-23-41(48)42-24-7-13-30-49(42)64/h1-35H. The molecule has 9 heteroatoms. The van der Waals surface area contributed by atoms with Gasteiger partial charge in [0.2, 0.25) is 11.9 Å². The minimum Gasteiger partial charge on any atom is -0.459 e. The second-order valence-corrected chi connectivity index (χ2v) is 17.1. The normalized spacial score (nSPS) is 12.7. The summed E-state index contributed by atoms with van der Waals surface area (Å²) < 4.78 is 18.2. The fourth-order valence-electron chi connectivity index (χ4n) is 10.6. The summed E-state index contributed by atoms with van der Waals surface area (Å²) in [4.78, 5) is 16.2. The van der Waals surface area contributed by atoms with Crippen LogP contribution >= 0.6 is 0 Å². The predicted octanol–water partition coefficient (Wildman–Crippen LogP) is 8.98. The topological polar surface area (TPSA) is 67.0 Å². The minimum absolute atomic E-state index is 0.0237. The highest BCUT2D eigenvalue weighted by molar-refractivity contribution is 7.00. The molecule has 9 aromatic carbocycles. The van der Waals surface area contributed by atoms with Crippen molar-refractivity contribution in [1.82, 2.24) is 24.1 Å². The predicted molar refractivity (Wildman–Crippen MR) is 269 cm³/mol. The van der Waals surface area contributed by atoms with Gasteiger partial charge in [-0.05, 0) is 58.9 Å². The molecule has 3 aromatic heterocycles. The Bertz CT molecular complexity index is 3700. The number of aromatic nitrogens is 5. The van der Waals surface area contributed by atoms with Crippen molar-refractivity contribution in [2.75, 3.05) is 0 Å². The number of benzene rings is 9. The lowest BCUT2D eigenvalue weighted by atomic mass is 9.32. The number of hydrogen-bond acceptors (Lipinski definition) is 5. The summed E-state index contributed by atoms with van der Waals surface area (Å²) in [5.74, 6) is 4.90. The van der Waals surface area contributed by atoms with E-state index >= 15 is 0 Å². The molecule has 5 heterocycles. The van der Waals surface area contributed by atoms with Crippen LogP contribution in [0.2, 0.25) is 0 Å². The molecule has 0 radical (unpaired) electrons. The number of rotatable bonds is 5. The number of ether oxygens (including phenoxy) is 2. The van der Waals surface area contributed by atoms with Gasteiger partial charge in [0, 0.05) is 32.6 Å². The summed E-state index contributed by atoms with van der Waals surface area (Å²) in [6, 6.07) is 74.3. The van der Waals surface area contributed by atoms with Gasteiger partial charge < -0.3 is 9.47 Å². The second kappa shape index (κ2) is 14.4. The largest absolute Gasteiger partial charge is 0.459 e. The van der Waals surface area contributed by atoms with Crippen LogP contribution in [-0.4, -0.2) is 37.5 Å². The molecule has 0 fully saturated rings. The molecule has 66 heavy (non-hydrogen) atoms. The van der Waals surface area contributed by atoms with Gasteiger partial charge in [0.05, 0.1) is 22.1 Å². The Kier molecular flexibility index (Phi) is 8.03. The Labute approximate surface area is 380 Å². The van der Waals surface area contributed by atoms with E-state index in [0.29, 0.717) is 17.7 Å². The molecule has 0 aliphatic carbocycles. The van der Waals surface area contributed by atoms with Crippen molar-refractivity contribution >= 4 is 89.8 Å². The summed E-state index contributed by atoms with van der Waals surface area (Å²) >= 11 is 0. The summed E-state index contributed by atoms with van der Waals surface area (Å²) in [5, 5.41) is 4.54. The highest BCUT2D eigenvalue weighted by Crippen LogP contribution is 2.36. The molecule has 12 aromatic rings. The molecule has 0 bridgehead atoms. The van der Waals surface area contributed by atoms with Crippen molar-refractivity contribution < 1.29 is 9.47 Å². The minimum atomic E-state index is -0.239. The maximum absolute atomic E-state index is 7.05. The highest BCUT2D eigenvalue weighted by Gasteiger charge is 2.41. The number of para-hydroxylation sites is 6. The Morgan fingerprint density at radius 1 is 0.348 bits per heavy atom. The first-order valence-corrected chi connectivity index (χ1v) is 22.3.